The SMILES string of the molecule is CC[C@@H](C)/C(C)=N\NC(=O)c1ccncc1. The molecule has 1 heterocycles. The molecule has 1 aromatic rings. The molecule has 4 heteroatoms. The van der Waals surface area contributed by atoms with Crippen molar-refractivity contribution in [3.8, 4) is 0 Å². The molecule has 0 aromatic carbocycles. The van der Waals surface area contributed by atoms with Crippen molar-refractivity contribution in [1.82, 2.24) is 10.4 Å². The van der Waals surface area contributed by atoms with E-state index in [0.717, 1.165) is 12.1 Å². The van der Waals surface area contributed by atoms with Crippen LogP contribution >= 0.6 is 0 Å². The molecule has 0 aliphatic carbocycles. The van der Waals surface area contributed by atoms with Crippen LogP contribution in [0.25, 0.3) is 0 Å². The molecule has 1 N–H and O–H groups in total. The monoisotopic (exact) mass is 219 g/mol. The number of pyridine rings is 1. The third kappa shape index (κ3) is 3.46. The number of carbonyl (C=O) groups is 1. The summed E-state index contributed by atoms with van der Waals surface area (Å²) in [5, 5.41) is 4.07. The average molecular weight is 219 g/mol. The zero-order valence-electron chi connectivity index (χ0n) is 9.90. The van der Waals surface area contributed by atoms with Crippen molar-refractivity contribution in [2.24, 2.45) is 11.0 Å². The molecule has 0 bridgehead atoms. The van der Waals surface area contributed by atoms with Crippen LogP contribution in [-0.2, 0) is 0 Å². The number of rotatable bonds is 4. The molecule has 4 nitrogen and oxygen atoms in total. The van der Waals surface area contributed by atoms with Crippen LogP contribution in [0.3, 0.4) is 0 Å². The van der Waals surface area contributed by atoms with Crippen LogP contribution in [0.4, 0.5) is 0 Å². The van der Waals surface area contributed by atoms with Crippen molar-refractivity contribution in [3.63, 3.8) is 0 Å². The maximum atomic E-state index is 11.6. The van der Waals surface area contributed by atoms with Gasteiger partial charge < -0.3 is 0 Å². The molecular formula is C12H17N3O. The Balaban J connectivity index is 2.60. The molecule has 86 valence electrons. The summed E-state index contributed by atoms with van der Waals surface area (Å²) in [6.07, 6.45) is 4.18. The largest absolute Gasteiger partial charge is 0.271 e. The predicted octanol–water partition coefficient (Wildman–Crippen LogP) is 2.23. The first-order chi connectivity index (χ1) is 7.65. The van der Waals surface area contributed by atoms with Gasteiger partial charge in [-0.05, 0) is 31.4 Å². The normalized spacial score (nSPS) is 13.3. The van der Waals surface area contributed by atoms with Crippen molar-refractivity contribution in [2.45, 2.75) is 27.2 Å². The van der Waals surface area contributed by atoms with Crippen molar-refractivity contribution in [2.75, 3.05) is 0 Å². The molecule has 0 spiro atoms. The fraction of sp³-hybridized carbons (Fsp3) is 0.417. The second-order valence-electron chi connectivity index (χ2n) is 3.74. The molecule has 1 amide bonds. The second-order valence-corrected chi connectivity index (χ2v) is 3.74. The molecule has 0 saturated carbocycles. The fourth-order valence-electron chi connectivity index (χ4n) is 1.11. The summed E-state index contributed by atoms with van der Waals surface area (Å²) in [6.45, 7) is 6.09. The number of nitrogens with zero attached hydrogens (tertiary/aromatic N) is 2. The third-order valence-corrected chi connectivity index (χ3v) is 2.60. The van der Waals surface area contributed by atoms with Crippen molar-refractivity contribution in [1.29, 1.82) is 0 Å². The quantitative estimate of drug-likeness (QED) is 0.623. The van der Waals surface area contributed by atoms with Gasteiger partial charge in [0.1, 0.15) is 0 Å². The maximum absolute atomic E-state index is 11.6. The predicted molar refractivity (Wildman–Crippen MR) is 64.3 cm³/mol. The average Bonchev–Trinajstić information content (AvgIpc) is 2.35. The van der Waals surface area contributed by atoms with Crippen LogP contribution in [0.2, 0.25) is 0 Å². The third-order valence-electron chi connectivity index (χ3n) is 2.60. The lowest BCUT2D eigenvalue weighted by atomic mass is 10.1. The first-order valence-corrected chi connectivity index (χ1v) is 5.39. The van der Waals surface area contributed by atoms with Crippen LogP contribution in [0, 0.1) is 5.92 Å². The highest BCUT2D eigenvalue weighted by molar-refractivity contribution is 5.95. The zero-order valence-corrected chi connectivity index (χ0v) is 9.90. The van der Waals surface area contributed by atoms with Crippen molar-refractivity contribution < 1.29 is 4.79 Å². The molecule has 16 heavy (non-hydrogen) atoms. The highest BCUT2D eigenvalue weighted by atomic mass is 16.2. The first kappa shape index (κ1) is 12.4. The number of hydrogen-bond acceptors (Lipinski definition) is 3. The van der Waals surface area contributed by atoms with E-state index >= 15 is 0 Å². The number of nitrogens with one attached hydrogen (secondary N) is 1. The molecular weight excluding hydrogens is 202 g/mol. The van der Waals surface area contributed by atoms with E-state index in [1.54, 1.807) is 24.5 Å². The minimum absolute atomic E-state index is 0.204. The van der Waals surface area contributed by atoms with Crippen LogP contribution < -0.4 is 5.43 Å². The molecule has 1 rings (SSSR count). The van der Waals surface area contributed by atoms with Crippen molar-refractivity contribution in [3.05, 3.63) is 30.1 Å². The Kier molecular flexibility index (Phi) is 4.64. The smallest absolute Gasteiger partial charge is 0.267 e. The lowest BCUT2D eigenvalue weighted by Gasteiger charge is -2.07. The minimum atomic E-state index is -0.204. The lowest BCUT2D eigenvalue weighted by molar-refractivity contribution is 0.0954. The number of aromatic nitrogens is 1. The molecule has 1 aromatic heterocycles. The Hall–Kier alpha value is -1.71. The summed E-state index contributed by atoms with van der Waals surface area (Å²) in [5.74, 6) is 0.183. The molecule has 1 atom stereocenters. The van der Waals surface area contributed by atoms with E-state index in [1.807, 2.05) is 6.92 Å². The van der Waals surface area contributed by atoms with E-state index < -0.39 is 0 Å². The van der Waals surface area contributed by atoms with Gasteiger partial charge in [-0.2, -0.15) is 5.10 Å². The number of hydrazone groups is 1. The van der Waals surface area contributed by atoms with Gasteiger partial charge in [-0.3, -0.25) is 9.78 Å². The van der Waals surface area contributed by atoms with Gasteiger partial charge in [0, 0.05) is 23.7 Å². The van der Waals surface area contributed by atoms with Gasteiger partial charge in [-0.25, -0.2) is 5.43 Å². The topological polar surface area (TPSA) is 54.4 Å². The van der Waals surface area contributed by atoms with Crippen LogP contribution in [0.5, 0.6) is 0 Å². The Morgan fingerprint density at radius 3 is 2.69 bits per heavy atom. The van der Waals surface area contributed by atoms with Crippen molar-refractivity contribution >= 4 is 11.6 Å². The van der Waals surface area contributed by atoms with E-state index in [1.165, 1.54) is 0 Å². The summed E-state index contributed by atoms with van der Waals surface area (Å²) in [7, 11) is 0. The van der Waals surface area contributed by atoms with Gasteiger partial charge in [-0.1, -0.05) is 13.8 Å². The summed E-state index contributed by atoms with van der Waals surface area (Å²) >= 11 is 0. The highest BCUT2D eigenvalue weighted by Crippen LogP contribution is 2.03. The van der Waals surface area contributed by atoms with E-state index in [4.69, 9.17) is 0 Å². The highest BCUT2D eigenvalue weighted by Gasteiger charge is 2.05. The fourth-order valence-corrected chi connectivity index (χ4v) is 1.11. The van der Waals surface area contributed by atoms with Gasteiger partial charge in [0.2, 0.25) is 0 Å². The second kappa shape index (κ2) is 6.00. The molecule has 0 saturated heterocycles. The molecule has 0 aliphatic heterocycles. The summed E-state index contributed by atoms with van der Waals surface area (Å²) in [6, 6.07) is 3.31. The number of hydrogen-bond donors (Lipinski definition) is 1. The molecule has 0 unspecified atom stereocenters. The maximum Gasteiger partial charge on any atom is 0.271 e. The lowest BCUT2D eigenvalue weighted by Crippen LogP contribution is -2.20. The van der Waals surface area contributed by atoms with E-state index in [2.05, 4.69) is 29.4 Å². The Bertz CT molecular complexity index is 373. The van der Waals surface area contributed by atoms with Crippen LogP contribution in [0.1, 0.15) is 37.6 Å². The van der Waals surface area contributed by atoms with Crippen LogP contribution in [-0.4, -0.2) is 16.6 Å². The minimum Gasteiger partial charge on any atom is -0.267 e. The van der Waals surface area contributed by atoms with Crippen LogP contribution in [0.15, 0.2) is 29.6 Å². The summed E-state index contributed by atoms with van der Waals surface area (Å²) < 4.78 is 0. The van der Waals surface area contributed by atoms with Gasteiger partial charge in [0.25, 0.3) is 5.91 Å². The van der Waals surface area contributed by atoms with Gasteiger partial charge in [0.15, 0.2) is 0 Å². The van der Waals surface area contributed by atoms with Gasteiger partial charge in [-0.15, -0.1) is 0 Å². The van der Waals surface area contributed by atoms with E-state index in [9.17, 15) is 4.79 Å². The molecule has 0 radical (unpaired) electrons. The molecule has 0 aliphatic rings. The Labute approximate surface area is 95.8 Å². The first-order valence-electron chi connectivity index (χ1n) is 5.39. The zero-order chi connectivity index (χ0) is 12.0. The standard InChI is InChI=1S/C12H17N3O/c1-4-9(2)10(3)14-15-12(16)11-5-7-13-8-6-11/h5-9H,4H2,1-3H3,(H,15,16)/b14-10-/t9-/m1/s1. The van der Waals surface area contributed by atoms with E-state index in [-0.39, 0.29) is 5.91 Å². The number of amides is 1. The van der Waals surface area contributed by atoms with Gasteiger partial charge in [0.05, 0.1) is 0 Å². The summed E-state index contributed by atoms with van der Waals surface area (Å²) in [5.41, 5.74) is 4.04. The van der Waals surface area contributed by atoms with E-state index in [0.29, 0.717) is 11.5 Å². The summed E-state index contributed by atoms with van der Waals surface area (Å²) in [4.78, 5) is 15.5. The van der Waals surface area contributed by atoms with Gasteiger partial charge >= 0.3 is 0 Å². The Morgan fingerprint density at radius 1 is 1.50 bits per heavy atom. The Morgan fingerprint density at radius 2 is 2.12 bits per heavy atom. The number of carbonyl (C=O) groups excluding carboxylic acids is 1. The molecule has 0 fully saturated rings.